The summed E-state index contributed by atoms with van der Waals surface area (Å²) in [6.07, 6.45) is 0.249. The van der Waals surface area contributed by atoms with Gasteiger partial charge in [-0.3, -0.25) is 14.5 Å². The molecular weight excluding hydrogens is 334 g/mol. The quantitative estimate of drug-likeness (QED) is 0.785. The molecule has 2 aliphatic rings. The van der Waals surface area contributed by atoms with Crippen molar-refractivity contribution in [3.63, 3.8) is 0 Å². The highest BCUT2D eigenvalue weighted by atomic mass is 16.3. The maximum absolute atomic E-state index is 12.9. The Kier molecular flexibility index (Phi) is 4.75. The van der Waals surface area contributed by atoms with Gasteiger partial charge in [-0.2, -0.15) is 0 Å². The van der Waals surface area contributed by atoms with Gasteiger partial charge in [-0.1, -0.05) is 29.8 Å². The number of nitrogens with one attached hydrogen (secondary N) is 1. The van der Waals surface area contributed by atoms with Gasteiger partial charge < -0.3 is 15.3 Å². The first-order valence-corrected chi connectivity index (χ1v) is 8.89. The molecule has 2 saturated heterocycles. The van der Waals surface area contributed by atoms with Gasteiger partial charge in [0.05, 0.1) is 6.10 Å². The maximum Gasteiger partial charge on any atom is 0.325 e. The Balaban J connectivity index is 1.71. The van der Waals surface area contributed by atoms with Crippen LogP contribution in [0.25, 0.3) is 0 Å². The summed E-state index contributed by atoms with van der Waals surface area (Å²) < 4.78 is 0. The Morgan fingerprint density at radius 2 is 2.00 bits per heavy atom. The van der Waals surface area contributed by atoms with Crippen molar-refractivity contribution in [2.75, 3.05) is 19.6 Å². The zero-order valence-electron chi connectivity index (χ0n) is 15.4. The van der Waals surface area contributed by atoms with E-state index in [1.165, 1.54) is 0 Å². The van der Waals surface area contributed by atoms with Crippen LogP contribution in [0, 0.1) is 12.8 Å². The third-order valence-corrected chi connectivity index (χ3v) is 5.46. The van der Waals surface area contributed by atoms with Crippen LogP contribution in [0.3, 0.4) is 0 Å². The minimum absolute atomic E-state index is 0.0416. The molecule has 0 aromatic heterocycles. The van der Waals surface area contributed by atoms with Crippen molar-refractivity contribution in [3.05, 3.63) is 35.4 Å². The monoisotopic (exact) mass is 359 g/mol. The number of imide groups is 1. The van der Waals surface area contributed by atoms with Crippen LogP contribution in [0.2, 0.25) is 0 Å². The molecule has 2 fully saturated rings. The SMILES string of the molecule is Cc1ccc(C2(C)NC(=O)N(CC(=O)N3CCC(C(C)O)C3)C2=O)cc1. The van der Waals surface area contributed by atoms with Crippen molar-refractivity contribution in [2.24, 2.45) is 5.92 Å². The molecule has 3 atom stereocenters. The second-order valence-electron chi connectivity index (χ2n) is 7.44. The number of hydrogen-bond donors (Lipinski definition) is 2. The van der Waals surface area contributed by atoms with Crippen molar-refractivity contribution in [1.29, 1.82) is 0 Å². The Bertz CT molecular complexity index is 731. The van der Waals surface area contributed by atoms with Crippen LogP contribution in [-0.4, -0.2) is 58.5 Å². The zero-order chi connectivity index (χ0) is 19.1. The molecule has 0 radical (unpaired) electrons. The molecule has 2 N–H and O–H groups in total. The molecule has 2 aliphatic heterocycles. The van der Waals surface area contributed by atoms with Crippen LogP contribution in [0.1, 0.15) is 31.4 Å². The number of carbonyl (C=O) groups excluding carboxylic acids is 3. The smallest absolute Gasteiger partial charge is 0.325 e. The highest BCUT2D eigenvalue weighted by molar-refractivity contribution is 6.09. The van der Waals surface area contributed by atoms with Gasteiger partial charge >= 0.3 is 6.03 Å². The van der Waals surface area contributed by atoms with Gasteiger partial charge in [0.1, 0.15) is 12.1 Å². The Morgan fingerprint density at radius 3 is 2.58 bits per heavy atom. The number of hydrogen-bond acceptors (Lipinski definition) is 4. The molecule has 7 nitrogen and oxygen atoms in total. The average Bonchev–Trinajstić information content (AvgIpc) is 3.16. The fourth-order valence-corrected chi connectivity index (χ4v) is 3.57. The van der Waals surface area contributed by atoms with Crippen LogP contribution >= 0.6 is 0 Å². The van der Waals surface area contributed by atoms with Crippen molar-refractivity contribution in [1.82, 2.24) is 15.1 Å². The topological polar surface area (TPSA) is 90.0 Å². The van der Waals surface area contributed by atoms with E-state index in [0.717, 1.165) is 16.9 Å². The number of carbonyl (C=O) groups is 3. The van der Waals surface area contributed by atoms with E-state index in [0.29, 0.717) is 18.7 Å². The summed E-state index contributed by atoms with van der Waals surface area (Å²) in [7, 11) is 0. The molecule has 7 heteroatoms. The van der Waals surface area contributed by atoms with Crippen LogP contribution in [0.4, 0.5) is 4.79 Å². The average molecular weight is 359 g/mol. The van der Waals surface area contributed by atoms with E-state index in [4.69, 9.17) is 0 Å². The minimum Gasteiger partial charge on any atom is -0.393 e. The van der Waals surface area contributed by atoms with E-state index in [1.807, 2.05) is 31.2 Å². The molecule has 2 heterocycles. The van der Waals surface area contributed by atoms with E-state index in [2.05, 4.69) is 5.32 Å². The molecule has 3 unspecified atom stereocenters. The lowest BCUT2D eigenvalue weighted by molar-refractivity contribution is -0.138. The lowest BCUT2D eigenvalue weighted by Gasteiger charge is -2.23. The van der Waals surface area contributed by atoms with Crippen molar-refractivity contribution >= 4 is 17.8 Å². The number of aryl methyl sites for hydroxylation is 1. The predicted molar refractivity (Wildman–Crippen MR) is 95.1 cm³/mol. The molecule has 4 amide bonds. The summed E-state index contributed by atoms with van der Waals surface area (Å²) in [6.45, 7) is 6.02. The number of rotatable bonds is 4. The van der Waals surface area contributed by atoms with E-state index in [1.54, 1.807) is 18.7 Å². The number of amides is 4. The standard InChI is InChI=1S/C19H25N3O4/c1-12-4-6-15(7-5-12)19(3)17(25)22(18(26)20-19)11-16(24)21-9-8-14(10-21)13(2)23/h4-7,13-14,23H,8-11H2,1-3H3,(H,20,26). The maximum atomic E-state index is 12.9. The second kappa shape index (κ2) is 6.72. The summed E-state index contributed by atoms with van der Waals surface area (Å²) in [5.74, 6) is -0.657. The van der Waals surface area contributed by atoms with Crippen LogP contribution in [-0.2, 0) is 15.1 Å². The van der Waals surface area contributed by atoms with Crippen LogP contribution in [0.5, 0.6) is 0 Å². The molecule has 1 aromatic carbocycles. The minimum atomic E-state index is -1.17. The van der Waals surface area contributed by atoms with Crippen molar-refractivity contribution < 1.29 is 19.5 Å². The number of urea groups is 1. The lowest BCUT2D eigenvalue weighted by atomic mass is 9.91. The van der Waals surface area contributed by atoms with Crippen LogP contribution in [0.15, 0.2) is 24.3 Å². The second-order valence-corrected chi connectivity index (χ2v) is 7.44. The first-order chi connectivity index (χ1) is 12.2. The molecule has 140 valence electrons. The van der Waals surface area contributed by atoms with Crippen LogP contribution < -0.4 is 5.32 Å². The van der Waals surface area contributed by atoms with E-state index >= 15 is 0 Å². The number of benzene rings is 1. The predicted octanol–water partition coefficient (Wildman–Crippen LogP) is 0.991. The molecule has 26 heavy (non-hydrogen) atoms. The van der Waals surface area contributed by atoms with Gasteiger partial charge in [0.2, 0.25) is 5.91 Å². The molecule has 1 aromatic rings. The molecule has 0 saturated carbocycles. The molecule has 0 spiro atoms. The Labute approximate surface area is 153 Å². The number of aliphatic hydroxyl groups excluding tert-OH is 1. The first kappa shape index (κ1) is 18.4. The number of likely N-dealkylation sites (tertiary alicyclic amines) is 1. The van der Waals surface area contributed by atoms with Gasteiger partial charge in [-0.05, 0) is 32.8 Å². The zero-order valence-corrected chi connectivity index (χ0v) is 15.4. The van der Waals surface area contributed by atoms with Gasteiger partial charge in [0.25, 0.3) is 5.91 Å². The fourth-order valence-electron chi connectivity index (χ4n) is 3.57. The highest BCUT2D eigenvalue weighted by Crippen LogP contribution is 2.29. The summed E-state index contributed by atoms with van der Waals surface area (Å²) in [4.78, 5) is 40.3. The molecular formula is C19H25N3O4. The summed E-state index contributed by atoms with van der Waals surface area (Å²) in [6, 6.07) is 6.83. The Morgan fingerprint density at radius 1 is 1.35 bits per heavy atom. The summed E-state index contributed by atoms with van der Waals surface area (Å²) in [5, 5.41) is 12.4. The normalized spacial score (nSPS) is 27.0. The Hall–Kier alpha value is -2.41. The summed E-state index contributed by atoms with van der Waals surface area (Å²) in [5.41, 5.74) is 0.577. The van der Waals surface area contributed by atoms with Gasteiger partial charge in [-0.15, -0.1) is 0 Å². The van der Waals surface area contributed by atoms with Gasteiger partial charge in [0.15, 0.2) is 0 Å². The number of nitrogens with zero attached hydrogens (tertiary/aromatic N) is 2. The van der Waals surface area contributed by atoms with E-state index in [9.17, 15) is 19.5 Å². The fraction of sp³-hybridized carbons (Fsp3) is 0.526. The lowest BCUT2D eigenvalue weighted by Crippen LogP contribution is -2.44. The highest BCUT2D eigenvalue weighted by Gasteiger charge is 2.49. The largest absolute Gasteiger partial charge is 0.393 e. The van der Waals surface area contributed by atoms with E-state index in [-0.39, 0.29) is 18.4 Å². The molecule has 0 aliphatic carbocycles. The van der Waals surface area contributed by atoms with Crippen molar-refractivity contribution in [3.8, 4) is 0 Å². The summed E-state index contributed by atoms with van der Waals surface area (Å²) >= 11 is 0. The number of aliphatic hydroxyl groups is 1. The van der Waals surface area contributed by atoms with E-state index < -0.39 is 23.6 Å². The van der Waals surface area contributed by atoms with Crippen molar-refractivity contribution in [2.45, 2.75) is 38.8 Å². The third-order valence-electron chi connectivity index (χ3n) is 5.46. The molecule has 0 bridgehead atoms. The first-order valence-electron chi connectivity index (χ1n) is 8.89. The van der Waals surface area contributed by atoms with Gasteiger partial charge in [-0.25, -0.2) is 4.79 Å². The third kappa shape index (κ3) is 3.19. The molecule has 3 rings (SSSR count). The van der Waals surface area contributed by atoms with Gasteiger partial charge in [0, 0.05) is 19.0 Å².